The molecule has 0 heterocycles. The van der Waals surface area contributed by atoms with Crippen LogP contribution < -0.4 is 0 Å². The van der Waals surface area contributed by atoms with Crippen molar-refractivity contribution < 1.29 is 34.8 Å². The minimum atomic E-state index is -1.87. The second-order valence-corrected chi connectivity index (χ2v) is 4.55. The highest BCUT2D eigenvalue weighted by Gasteiger charge is 2.30. The van der Waals surface area contributed by atoms with Crippen molar-refractivity contribution >= 4 is 18.3 Å². The Labute approximate surface area is 127 Å². The van der Waals surface area contributed by atoms with E-state index in [-0.39, 0.29) is 6.29 Å². The molecule has 120 valence electrons. The third kappa shape index (κ3) is 5.74. The predicted molar refractivity (Wildman–Crippen MR) is 76.5 cm³/mol. The Bertz CT molecular complexity index is 500. The minimum Gasteiger partial charge on any atom is -0.460 e. The summed E-state index contributed by atoms with van der Waals surface area (Å²) in [5.74, 6) is -0.750. The number of ether oxygens (including phenoxy) is 1. The van der Waals surface area contributed by atoms with Crippen LogP contribution in [0.25, 0.3) is 6.08 Å². The molecule has 0 aliphatic carbocycles. The average Bonchev–Trinajstić information content (AvgIpc) is 2.56. The quantitative estimate of drug-likeness (QED) is 0.272. The Morgan fingerprint density at radius 2 is 1.73 bits per heavy atom. The van der Waals surface area contributed by atoms with E-state index in [9.17, 15) is 24.9 Å². The molecule has 0 unspecified atom stereocenters. The Balaban J connectivity index is 2.43. The molecule has 1 rings (SSSR count). The first-order valence-electron chi connectivity index (χ1n) is 6.53. The molecule has 7 heteroatoms. The van der Waals surface area contributed by atoms with Gasteiger partial charge >= 0.3 is 5.97 Å². The minimum absolute atomic E-state index is 0.0230. The fourth-order valence-electron chi connectivity index (χ4n) is 1.55. The van der Waals surface area contributed by atoms with E-state index in [1.807, 2.05) is 6.07 Å². The summed E-state index contributed by atoms with van der Waals surface area (Å²) < 4.78 is 4.69. The van der Waals surface area contributed by atoms with Crippen LogP contribution in [0.5, 0.6) is 0 Å². The van der Waals surface area contributed by atoms with Gasteiger partial charge in [0.15, 0.2) is 6.29 Å². The average molecular weight is 310 g/mol. The molecule has 1 aromatic carbocycles. The van der Waals surface area contributed by atoms with Gasteiger partial charge in [0.1, 0.15) is 31.0 Å². The molecule has 0 saturated heterocycles. The third-order valence-electron chi connectivity index (χ3n) is 2.84. The molecule has 7 nitrogen and oxygen atoms in total. The Morgan fingerprint density at radius 1 is 1.09 bits per heavy atom. The predicted octanol–water partition coefficient (Wildman–Crippen LogP) is -1.11. The molecule has 0 aromatic heterocycles. The van der Waals surface area contributed by atoms with Gasteiger partial charge in [0.2, 0.25) is 0 Å². The molecule has 0 fully saturated rings. The van der Waals surface area contributed by atoms with E-state index in [1.165, 1.54) is 6.08 Å². The van der Waals surface area contributed by atoms with Crippen LogP contribution in [0.15, 0.2) is 36.4 Å². The van der Waals surface area contributed by atoms with E-state index in [2.05, 4.69) is 0 Å². The van der Waals surface area contributed by atoms with Gasteiger partial charge in [-0.1, -0.05) is 30.3 Å². The van der Waals surface area contributed by atoms with Crippen molar-refractivity contribution in [3.05, 3.63) is 42.0 Å². The van der Waals surface area contributed by atoms with Crippen LogP contribution in [0.4, 0.5) is 0 Å². The lowest BCUT2D eigenvalue weighted by Crippen LogP contribution is -2.46. The van der Waals surface area contributed by atoms with Crippen LogP contribution in [0.1, 0.15) is 5.56 Å². The zero-order valence-electron chi connectivity index (χ0n) is 11.6. The van der Waals surface area contributed by atoms with E-state index in [0.717, 1.165) is 11.6 Å². The molecule has 22 heavy (non-hydrogen) atoms. The molecule has 1 aromatic rings. The van der Waals surface area contributed by atoms with E-state index < -0.39 is 37.0 Å². The van der Waals surface area contributed by atoms with Crippen LogP contribution in [0.2, 0.25) is 0 Å². The first kappa shape index (κ1) is 18.0. The largest absolute Gasteiger partial charge is 0.460 e. The molecule has 4 N–H and O–H groups in total. The van der Waals surface area contributed by atoms with Gasteiger partial charge in [-0.3, -0.25) is 0 Å². The van der Waals surface area contributed by atoms with Gasteiger partial charge in [-0.15, -0.1) is 0 Å². The molecule has 0 amide bonds. The van der Waals surface area contributed by atoms with Crippen molar-refractivity contribution in [1.82, 2.24) is 0 Å². The number of aldehydes is 1. The topological polar surface area (TPSA) is 124 Å². The summed E-state index contributed by atoms with van der Waals surface area (Å²) in [6, 6.07) is 8.97. The number of aliphatic hydroxyl groups excluding tert-OH is 4. The number of carbonyl (C=O) groups excluding carboxylic acids is 2. The van der Waals surface area contributed by atoms with E-state index in [0.29, 0.717) is 0 Å². The van der Waals surface area contributed by atoms with Crippen molar-refractivity contribution in [2.24, 2.45) is 0 Å². The summed E-state index contributed by atoms with van der Waals surface area (Å²) in [5.41, 5.74) is 0.782. The van der Waals surface area contributed by atoms with Crippen molar-refractivity contribution in [3.63, 3.8) is 0 Å². The monoisotopic (exact) mass is 310 g/mol. The first-order chi connectivity index (χ1) is 10.5. The van der Waals surface area contributed by atoms with Gasteiger partial charge in [0.25, 0.3) is 0 Å². The number of aliphatic hydroxyl groups is 4. The van der Waals surface area contributed by atoms with Crippen LogP contribution in [0, 0.1) is 0 Å². The molecule has 0 aliphatic rings. The second-order valence-electron chi connectivity index (χ2n) is 4.55. The van der Waals surface area contributed by atoms with Crippen LogP contribution >= 0.6 is 0 Å². The highest BCUT2D eigenvalue weighted by molar-refractivity contribution is 5.87. The summed E-state index contributed by atoms with van der Waals surface area (Å²) in [7, 11) is 0. The molecular formula is C15H18O7. The number of benzene rings is 1. The molecule has 4 atom stereocenters. The van der Waals surface area contributed by atoms with Gasteiger partial charge < -0.3 is 30.0 Å². The number of hydrogen-bond acceptors (Lipinski definition) is 7. The van der Waals surface area contributed by atoms with Gasteiger partial charge in [-0.05, 0) is 11.6 Å². The van der Waals surface area contributed by atoms with Crippen molar-refractivity contribution in [2.75, 3.05) is 6.61 Å². The number of hydrogen-bond donors (Lipinski definition) is 4. The lowest BCUT2D eigenvalue weighted by molar-refractivity contribution is -0.151. The molecule has 0 spiro atoms. The summed E-state index contributed by atoms with van der Waals surface area (Å²) >= 11 is 0. The smallest absolute Gasteiger partial charge is 0.330 e. The maximum Gasteiger partial charge on any atom is 0.330 e. The fraction of sp³-hybridized carbons (Fsp3) is 0.333. The van der Waals surface area contributed by atoms with Gasteiger partial charge in [-0.25, -0.2) is 4.79 Å². The van der Waals surface area contributed by atoms with Gasteiger partial charge in [0, 0.05) is 6.08 Å². The zero-order valence-corrected chi connectivity index (χ0v) is 11.6. The summed E-state index contributed by atoms with van der Waals surface area (Å²) in [6.45, 7) is -0.595. The molecule has 0 radical (unpaired) electrons. The summed E-state index contributed by atoms with van der Waals surface area (Å²) in [6.07, 6.45) is -4.50. The Kier molecular flexibility index (Phi) is 7.41. The maximum atomic E-state index is 11.4. The van der Waals surface area contributed by atoms with Gasteiger partial charge in [-0.2, -0.15) is 0 Å². The fourth-order valence-corrected chi connectivity index (χ4v) is 1.55. The molecule has 0 bridgehead atoms. The van der Waals surface area contributed by atoms with Crippen LogP contribution in [-0.2, 0) is 14.3 Å². The summed E-state index contributed by atoms with van der Waals surface area (Å²) in [5, 5.41) is 37.4. The van der Waals surface area contributed by atoms with E-state index >= 15 is 0 Å². The number of carbonyl (C=O) groups is 2. The van der Waals surface area contributed by atoms with Crippen LogP contribution in [0.3, 0.4) is 0 Å². The standard InChI is InChI=1S/C15H18O7/c16-8-11(17)14(20)15(21)12(18)9-22-13(19)7-6-10-4-2-1-3-5-10/h1-8,11-12,14-15,17-18,20-21H,9H2/t11-,12+,14+,15+/m0/s1. The Morgan fingerprint density at radius 3 is 2.32 bits per heavy atom. The normalized spacial score (nSPS) is 16.7. The maximum absolute atomic E-state index is 11.4. The van der Waals surface area contributed by atoms with Crippen molar-refractivity contribution in [3.8, 4) is 0 Å². The van der Waals surface area contributed by atoms with Crippen molar-refractivity contribution in [1.29, 1.82) is 0 Å². The SMILES string of the molecule is O=C[C@H](O)[C@@H](O)[C@H](O)[C@H](O)COC(=O)C=Cc1ccccc1. The summed E-state index contributed by atoms with van der Waals surface area (Å²) in [4.78, 5) is 21.7. The number of esters is 1. The van der Waals surface area contributed by atoms with Gasteiger partial charge in [0.05, 0.1) is 0 Å². The molecule has 0 aliphatic heterocycles. The Hall–Kier alpha value is -2.06. The van der Waals surface area contributed by atoms with E-state index in [4.69, 9.17) is 9.84 Å². The first-order valence-corrected chi connectivity index (χ1v) is 6.53. The van der Waals surface area contributed by atoms with Crippen molar-refractivity contribution in [2.45, 2.75) is 24.4 Å². The lowest BCUT2D eigenvalue weighted by Gasteiger charge is -2.23. The molecular weight excluding hydrogens is 292 g/mol. The highest BCUT2D eigenvalue weighted by atomic mass is 16.5. The number of rotatable bonds is 8. The molecule has 0 saturated carbocycles. The van der Waals surface area contributed by atoms with E-state index in [1.54, 1.807) is 24.3 Å². The highest BCUT2D eigenvalue weighted by Crippen LogP contribution is 2.05. The second kappa shape index (κ2) is 9.06. The zero-order chi connectivity index (χ0) is 16.5. The lowest BCUT2D eigenvalue weighted by atomic mass is 10.0. The third-order valence-corrected chi connectivity index (χ3v) is 2.84. The van der Waals surface area contributed by atoms with Crippen LogP contribution in [-0.4, -0.2) is 63.7 Å².